The number of nitrogen functional groups attached to an aromatic ring is 1. The van der Waals surface area contributed by atoms with Crippen LogP contribution in [0.4, 0.5) is 5.95 Å². The van der Waals surface area contributed by atoms with Gasteiger partial charge in [-0.15, -0.1) is 0 Å². The molecule has 18 heteroatoms. The molecule has 16 nitrogen and oxygen atoms in total. The number of phosphoric acid groups is 1. The van der Waals surface area contributed by atoms with Crippen molar-refractivity contribution in [1.82, 2.24) is 19.5 Å². The van der Waals surface area contributed by atoms with Crippen LogP contribution in [0.2, 0.25) is 0 Å². The van der Waals surface area contributed by atoms with Crippen LogP contribution in [0.3, 0.4) is 0 Å². The summed E-state index contributed by atoms with van der Waals surface area (Å²) in [7, 11) is -9.87. The van der Waals surface area contributed by atoms with E-state index in [0.717, 1.165) is 10.9 Å². The highest BCUT2D eigenvalue weighted by atomic mass is 31.3. The van der Waals surface area contributed by atoms with Crippen molar-refractivity contribution in [2.75, 3.05) is 12.3 Å². The Balaban J connectivity index is 1.79. The molecule has 1 saturated heterocycles. The molecule has 0 aromatic carbocycles. The van der Waals surface area contributed by atoms with Crippen LogP contribution in [0.5, 0.6) is 0 Å². The molecule has 0 saturated carbocycles. The number of anilines is 1. The maximum Gasteiger partial charge on any atom is 0.480 e. The normalized spacial score (nSPS) is 27.9. The standard InChI is InChI=1S/C10H16N6O10P2/c11-10-14-7-4(8(19)15-10)13-2-16(7)9-6(18)5(17)3(25-9)1-24-28(22,23)26-27(12,20)21/h2-3,5-6,9,17-18H,1H2,(H,22,23)(H3,12,20,21)(H3,11,14,15,19)/t3-,5-,6-,9-/m1/s1. The lowest BCUT2D eigenvalue weighted by atomic mass is 10.1. The summed E-state index contributed by atoms with van der Waals surface area (Å²) in [5.74, 6) is -0.222. The molecule has 1 aliphatic heterocycles. The number of nitrogens with two attached hydrogens (primary N) is 1. The number of H-pyrrole nitrogens is 1. The van der Waals surface area contributed by atoms with Crippen LogP contribution in [0.1, 0.15) is 6.23 Å². The second kappa shape index (κ2) is 7.27. The molecule has 1 fully saturated rings. The highest BCUT2D eigenvalue weighted by molar-refractivity contribution is 7.61. The average Bonchev–Trinajstić information content (AvgIpc) is 3.06. The molecule has 0 bridgehead atoms. The van der Waals surface area contributed by atoms with Crippen molar-refractivity contribution in [3.8, 4) is 0 Å². The van der Waals surface area contributed by atoms with E-state index in [1.54, 1.807) is 0 Å². The summed E-state index contributed by atoms with van der Waals surface area (Å²) >= 11 is 0. The van der Waals surface area contributed by atoms with E-state index in [2.05, 4.69) is 23.8 Å². The number of aliphatic hydroxyl groups is 2. The Morgan fingerprint density at radius 1 is 1.36 bits per heavy atom. The number of aromatic nitrogens is 4. The van der Waals surface area contributed by atoms with Gasteiger partial charge in [0.15, 0.2) is 17.4 Å². The second-order valence-corrected chi connectivity index (χ2v) is 8.65. The zero-order valence-electron chi connectivity index (χ0n) is 13.7. The van der Waals surface area contributed by atoms with Gasteiger partial charge in [0.05, 0.1) is 12.9 Å². The second-order valence-electron chi connectivity index (χ2n) is 5.71. The van der Waals surface area contributed by atoms with Crippen LogP contribution in [0.25, 0.3) is 11.2 Å². The Morgan fingerprint density at radius 2 is 2.04 bits per heavy atom. The maximum absolute atomic E-state index is 11.8. The highest BCUT2D eigenvalue weighted by Gasteiger charge is 2.45. The van der Waals surface area contributed by atoms with Crippen molar-refractivity contribution in [2.24, 2.45) is 0 Å². The predicted molar refractivity (Wildman–Crippen MR) is 89.4 cm³/mol. The van der Waals surface area contributed by atoms with Gasteiger partial charge in [0.25, 0.3) is 5.56 Å². The van der Waals surface area contributed by atoms with E-state index in [0.29, 0.717) is 0 Å². The lowest BCUT2D eigenvalue weighted by Gasteiger charge is -2.18. The number of rotatable bonds is 6. The van der Waals surface area contributed by atoms with Crippen molar-refractivity contribution in [1.29, 1.82) is 5.16 Å². The van der Waals surface area contributed by atoms with Crippen molar-refractivity contribution in [2.45, 2.75) is 24.5 Å². The molecule has 2 aromatic heterocycles. The largest absolute Gasteiger partial charge is 0.480 e. The SMILES string of the molecule is N=P(O)(O)OP(=O)(O)OC[C@H]1O[C@@H](n2cnc3c(=O)[nH]c(N)nc32)[C@H](O)[C@@H]1O. The molecule has 1 unspecified atom stereocenters. The van der Waals surface area contributed by atoms with E-state index >= 15 is 0 Å². The van der Waals surface area contributed by atoms with Crippen LogP contribution in [0.15, 0.2) is 11.1 Å². The lowest BCUT2D eigenvalue weighted by molar-refractivity contribution is -0.0502. The number of aliphatic hydroxyl groups excluding tert-OH is 2. The molecule has 3 rings (SSSR count). The third-order valence-electron chi connectivity index (χ3n) is 3.68. The van der Waals surface area contributed by atoms with E-state index in [4.69, 9.17) is 25.4 Å². The first-order chi connectivity index (χ1) is 12.9. The van der Waals surface area contributed by atoms with Crippen LogP contribution >= 0.6 is 15.6 Å². The van der Waals surface area contributed by atoms with Gasteiger partial charge in [0.2, 0.25) is 5.95 Å². The molecule has 3 heterocycles. The summed E-state index contributed by atoms with van der Waals surface area (Å²) in [5.41, 5.74) is 4.70. The molecule has 2 aromatic rings. The summed E-state index contributed by atoms with van der Waals surface area (Å²) in [5, 5.41) is 27.0. The number of fused-ring (bicyclic) bond motifs is 1. The summed E-state index contributed by atoms with van der Waals surface area (Å²) in [6.45, 7) is -0.814. The number of hydrogen-bond donors (Lipinski definition) is 8. The Kier molecular flexibility index (Phi) is 5.46. The first-order valence-electron chi connectivity index (χ1n) is 7.40. The van der Waals surface area contributed by atoms with Crippen LogP contribution in [0, 0.1) is 5.16 Å². The van der Waals surface area contributed by atoms with Gasteiger partial charge in [0.1, 0.15) is 18.3 Å². The average molecular weight is 442 g/mol. The molecule has 0 spiro atoms. The number of nitrogens with one attached hydrogen (secondary N) is 2. The number of imidazole rings is 1. The van der Waals surface area contributed by atoms with Gasteiger partial charge in [-0.25, -0.2) is 19.0 Å². The minimum absolute atomic E-state index is 0.0421. The van der Waals surface area contributed by atoms with Crippen LogP contribution in [-0.2, 0) is 18.1 Å². The Hall–Kier alpha value is -1.71. The quantitative estimate of drug-likeness (QED) is 0.225. The molecular formula is C10H16N6O10P2. The van der Waals surface area contributed by atoms with Gasteiger partial charge < -0.3 is 35.4 Å². The molecular weight excluding hydrogens is 426 g/mol. The van der Waals surface area contributed by atoms with Crippen LogP contribution < -0.4 is 11.3 Å². The number of hydrogen-bond acceptors (Lipinski definition) is 11. The van der Waals surface area contributed by atoms with Gasteiger partial charge in [-0.1, -0.05) is 0 Å². The van der Waals surface area contributed by atoms with E-state index in [1.165, 1.54) is 0 Å². The fourth-order valence-corrected chi connectivity index (χ4v) is 4.24. The maximum atomic E-state index is 11.8. The zero-order chi connectivity index (χ0) is 20.9. The smallest absolute Gasteiger partial charge is 0.387 e. The van der Waals surface area contributed by atoms with Gasteiger partial charge in [-0.05, 0) is 0 Å². The number of nitrogens with zero attached hydrogens (tertiary/aromatic N) is 3. The minimum Gasteiger partial charge on any atom is -0.387 e. The molecule has 28 heavy (non-hydrogen) atoms. The first-order valence-corrected chi connectivity index (χ1v) is 10.5. The van der Waals surface area contributed by atoms with Gasteiger partial charge >= 0.3 is 15.6 Å². The van der Waals surface area contributed by atoms with E-state index in [9.17, 15) is 24.5 Å². The Morgan fingerprint density at radius 3 is 2.68 bits per heavy atom. The Bertz CT molecular complexity index is 1030. The summed E-state index contributed by atoms with van der Waals surface area (Å²) < 4.78 is 26.4. The number of ether oxygens (including phenoxy) is 1. The Labute approximate surface area is 154 Å². The third-order valence-corrected chi connectivity index (χ3v) is 5.89. The van der Waals surface area contributed by atoms with Crippen molar-refractivity contribution < 1.29 is 43.0 Å². The van der Waals surface area contributed by atoms with Gasteiger partial charge in [0, 0.05) is 0 Å². The molecule has 1 aliphatic rings. The molecule has 156 valence electrons. The third kappa shape index (κ3) is 4.31. The molecule has 9 N–H and O–H groups in total. The monoisotopic (exact) mass is 442 g/mol. The molecule has 5 atom stereocenters. The van der Waals surface area contributed by atoms with Crippen LogP contribution in [-0.4, -0.2) is 69.3 Å². The lowest BCUT2D eigenvalue weighted by Crippen LogP contribution is -2.33. The summed E-state index contributed by atoms with van der Waals surface area (Å²) in [4.78, 5) is 48.7. The fraction of sp³-hybridized carbons (Fsp3) is 0.500. The summed E-state index contributed by atoms with van der Waals surface area (Å²) in [6, 6.07) is 0. The van der Waals surface area contributed by atoms with Crippen molar-refractivity contribution >= 4 is 32.7 Å². The predicted octanol–water partition coefficient (Wildman–Crippen LogP) is -2.04. The topological polar surface area (TPSA) is 259 Å². The fourth-order valence-electron chi connectivity index (χ4n) is 2.56. The highest BCUT2D eigenvalue weighted by Crippen LogP contribution is 2.58. The number of phosphoric ester groups is 1. The van der Waals surface area contributed by atoms with E-state index in [1.807, 2.05) is 0 Å². The van der Waals surface area contributed by atoms with Crippen molar-refractivity contribution in [3.05, 3.63) is 16.7 Å². The molecule has 0 amide bonds. The molecule has 0 radical (unpaired) electrons. The van der Waals surface area contributed by atoms with E-state index < -0.39 is 52.3 Å². The minimum atomic E-state index is -5.05. The number of aromatic amines is 1. The zero-order valence-corrected chi connectivity index (χ0v) is 15.5. The van der Waals surface area contributed by atoms with E-state index in [-0.39, 0.29) is 17.1 Å². The van der Waals surface area contributed by atoms with Gasteiger partial charge in [-0.2, -0.15) is 4.98 Å². The first kappa shape index (κ1) is 21.0. The van der Waals surface area contributed by atoms with Gasteiger partial charge in [-0.3, -0.25) is 18.9 Å². The summed E-state index contributed by atoms with van der Waals surface area (Å²) in [6.07, 6.45) is -4.74. The molecule has 0 aliphatic carbocycles. The van der Waals surface area contributed by atoms with Crippen molar-refractivity contribution in [3.63, 3.8) is 0 Å².